The van der Waals surface area contributed by atoms with E-state index in [9.17, 15) is 9.90 Å². The van der Waals surface area contributed by atoms with Gasteiger partial charge in [0.25, 0.3) is 0 Å². The maximum absolute atomic E-state index is 11.3. The first kappa shape index (κ1) is 16.9. The average Bonchev–Trinajstić information content (AvgIpc) is 2.49. The summed E-state index contributed by atoms with van der Waals surface area (Å²) in [5, 5.41) is 9.26. The second kappa shape index (κ2) is 8.19. The minimum atomic E-state index is -0.905. The van der Waals surface area contributed by atoms with Gasteiger partial charge in [0, 0.05) is 5.57 Å². The second-order valence-electron chi connectivity index (χ2n) is 4.54. The summed E-state index contributed by atoms with van der Waals surface area (Å²) in [5.41, 5.74) is 1.07. The van der Waals surface area contributed by atoms with E-state index in [2.05, 4.69) is 0 Å². The zero-order valence-corrected chi connectivity index (χ0v) is 12.9. The first-order chi connectivity index (χ1) is 10.1. The number of ether oxygens (including phenoxy) is 3. The number of aliphatic carboxylic acids is 1. The predicted molar refractivity (Wildman–Crippen MR) is 81.2 cm³/mol. The van der Waals surface area contributed by atoms with Gasteiger partial charge in [0.15, 0.2) is 11.5 Å². The molecule has 0 saturated heterocycles. The lowest BCUT2D eigenvalue weighted by Gasteiger charge is -2.13. The molecule has 5 nitrogen and oxygen atoms in total. The Hall–Kier alpha value is -2.17. The molecular formula is C16H22O5. The number of methoxy groups -OCH3 is 3. The third-order valence-corrected chi connectivity index (χ3v) is 3.10. The molecule has 0 unspecified atom stereocenters. The van der Waals surface area contributed by atoms with Crippen LogP contribution in [0.25, 0.3) is 6.08 Å². The molecule has 116 valence electrons. The normalized spacial score (nSPS) is 11.1. The molecule has 1 aromatic rings. The fourth-order valence-corrected chi connectivity index (χ4v) is 1.99. The molecule has 0 spiro atoms. The molecule has 0 heterocycles. The molecular weight excluding hydrogens is 272 g/mol. The molecule has 0 amide bonds. The highest BCUT2D eigenvalue weighted by Crippen LogP contribution is 2.38. The summed E-state index contributed by atoms with van der Waals surface area (Å²) in [6, 6.07) is 3.46. The summed E-state index contributed by atoms with van der Waals surface area (Å²) in [5.74, 6) is 0.589. The summed E-state index contributed by atoms with van der Waals surface area (Å²) in [7, 11) is 4.58. The van der Waals surface area contributed by atoms with Crippen molar-refractivity contribution in [1.29, 1.82) is 0 Å². The standard InChI is InChI=1S/C16H22O5/c1-5-6-7-12(16(17)18)8-11-9-13(19-2)15(21-4)14(10-11)20-3/h8-10H,5-7H2,1-4H3,(H,17,18)/b12-8+. The van der Waals surface area contributed by atoms with Crippen LogP contribution >= 0.6 is 0 Å². The van der Waals surface area contributed by atoms with Crippen LogP contribution in [0.5, 0.6) is 17.2 Å². The van der Waals surface area contributed by atoms with Crippen LogP contribution in [0.1, 0.15) is 31.7 Å². The van der Waals surface area contributed by atoms with Gasteiger partial charge in [-0.1, -0.05) is 13.3 Å². The minimum absolute atomic E-state index is 0.367. The molecule has 5 heteroatoms. The van der Waals surface area contributed by atoms with Crippen LogP contribution in [-0.4, -0.2) is 32.4 Å². The maximum atomic E-state index is 11.3. The fraction of sp³-hybridized carbons (Fsp3) is 0.438. The van der Waals surface area contributed by atoms with Gasteiger partial charge in [0.2, 0.25) is 5.75 Å². The third kappa shape index (κ3) is 4.41. The second-order valence-corrected chi connectivity index (χ2v) is 4.54. The van der Waals surface area contributed by atoms with Crippen LogP contribution in [-0.2, 0) is 4.79 Å². The molecule has 0 bridgehead atoms. The van der Waals surface area contributed by atoms with Crippen LogP contribution in [0.15, 0.2) is 17.7 Å². The van der Waals surface area contributed by atoms with Gasteiger partial charge in [0.1, 0.15) is 0 Å². The van der Waals surface area contributed by atoms with Gasteiger partial charge in [-0.2, -0.15) is 0 Å². The Morgan fingerprint density at radius 2 is 1.71 bits per heavy atom. The molecule has 0 radical (unpaired) electrons. The van der Waals surface area contributed by atoms with Crippen molar-refractivity contribution >= 4 is 12.0 Å². The summed E-state index contributed by atoms with van der Waals surface area (Å²) < 4.78 is 15.8. The van der Waals surface area contributed by atoms with Crippen LogP contribution < -0.4 is 14.2 Å². The smallest absolute Gasteiger partial charge is 0.331 e. The lowest BCUT2D eigenvalue weighted by Crippen LogP contribution is -2.01. The molecule has 0 aliphatic rings. The minimum Gasteiger partial charge on any atom is -0.493 e. The topological polar surface area (TPSA) is 65.0 Å². The van der Waals surface area contributed by atoms with E-state index in [0.29, 0.717) is 34.8 Å². The highest BCUT2D eigenvalue weighted by atomic mass is 16.5. The van der Waals surface area contributed by atoms with Gasteiger partial charge < -0.3 is 19.3 Å². The van der Waals surface area contributed by atoms with E-state index in [0.717, 1.165) is 12.8 Å². The number of unbranched alkanes of at least 4 members (excludes halogenated alkanes) is 1. The van der Waals surface area contributed by atoms with Crippen LogP contribution in [0.2, 0.25) is 0 Å². The molecule has 0 atom stereocenters. The number of carbonyl (C=O) groups is 1. The first-order valence-electron chi connectivity index (χ1n) is 6.81. The van der Waals surface area contributed by atoms with Gasteiger partial charge in [-0.25, -0.2) is 4.79 Å². The Balaban J connectivity index is 3.25. The summed E-state index contributed by atoms with van der Waals surface area (Å²) in [6.45, 7) is 2.03. The Labute approximate surface area is 125 Å². The Kier molecular flexibility index (Phi) is 6.59. The summed E-state index contributed by atoms with van der Waals surface area (Å²) in [6.07, 6.45) is 3.95. The van der Waals surface area contributed by atoms with Crippen molar-refractivity contribution in [1.82, 2.24) is 0 Å². The predicted octanol–water partition coefficient (Wildman–Crippen LogP) is 3.37. The van der Waals surface area contributed by atoms with Crippen molar-refractivity contribution in [3.05, 3.63) is 23.3 Å². The van der Waals surface area contributed by atoms with Crippen LogP contribution in [0.3, 0.4) is 0 Å². The monoisotopic (exact) mass is 294 g/mol. The fourth-order valence-electron chi connectivity index (χ4n) is 1.99. The van der Waals surface area contributed by atoms with Crippen molar-refractivity contribution in [3.63, 3.8) is 0 Å². The maximum Gasteiger partial charge on any atom is 0.331 e. The van der Waals surface area contributed by atoms with E-state index < -0.39 is 5.97 Å². The first-order valence-corrected chi connectivity index (χ1v) is 6.81. The quantitative estimate of drug-likeness (QED) is 0.745. The van der Waals surface area contributed by atoms with Crippen molar-refractivity contribution in [2.75, 3.05) is 21.3 Å². The number of hydrogen-bond donors (Lipinski definition) is 1. The Morgan fingerprint density at radius 3 is 2.10 bits per heavy atom. The average molecular weight is 294 g/mol. The van der Waals surface area contributed by atoms with Crippen molar-refractivity contribution in [2.24, 2.45) is 0 Å². The van der Waals surface area contributed by atoms with Gasteiger partial charge in [-0.15, -0.1) is 0 Å². The molecule has 1 N–H and O–H groups in total. The summed E-state index contributed by atoms with van der Waals surface area (Å²) >= 11 is 0. The number of hydrogen-bond acceptors (Lipinski definition) is 4. The van der Waals surface area contributed by atoms with E-state index >= 15 is 0 Å². The van der Waals surface area contributed by atoms with E-state index in [4.69, 9.17) is 14.2 Å². The van der Waals surface area contributed by atoms with E-state index in [1.807, 2.05) is 6.92 Å². The Morgan fingerprint density at radius 1 is 1.14 bits per heavy atom. The molecule has 21 heavy (non-hydrogen) atoms. The molecule has 1 aromatic carbocycles. The number of carboxylic acids is 1. The highest BCUT2D eigenvalue weighted by Gasteiger charge is 2.14. The SMILES string of the molecule is CCCC/C(=C\c1cc(OC)c(OC)c(OC)c1)C(=O)O. The van der Waals surface area contributed by atoms with Crippen molar-refractivity contribution in [2.45, 2.75) is 26.2 Å². The van der Waals surface area contributed by atoms with E-state index in [1.165, 1.54) is 21.3 Å². The largest absolute Gasteiger partial charge is 0.493 e. The number of rotatable bonds is 8. The van der Waals surface area contributed by atoms with Gasteiger partial charge >= 0.3 is 5.97 Å². The van der Waals surface area contributed by atoms with E-state index in [-0.39, 0.29) is 0 Å². The van der Waals surface area contributed by atoms with E-state index in [1.54, 1.807) is 18.2 Å². The molecule has 1 rings (SSSR count). The van der Waals surface area contributed by atoms with Crippen LogP contribution in [0.4, 0.5) is 0 Å². The zero-order valence-electron chi connectivity index (χ0n) is 12.9. The highest BCUT2D eigenvalue weighted by molar-refractivity contribution is 5.92. The van der Waals surface area contributed by atoms with Gasteiger partial charge in [-0.05, 0) is 36.6 Å². The van der Waals surface area contributed by atoms with Crippen molar-refractivity contribution in [3.8, 4) is 17.2 Å². The number of benzene rings is 1. The lowest BCUT2D eigenvalue weighted by atomic mass is 10.0. The zero-order chi connectivity index (χ0) is 15.8. The third-order valence-electron chi connectivity index (χ3n) is 3.10. The molecule has 0 fully saturated rings. The lowest BCUT2D eigenvalue weighted by molar-refractivity contribution is -0.132. The number of carboxylic acid groups (broad SMARTS) is 1. The molecule has 0 aliphatic heterocycles. The summed E-state index contributed by atoms with van der Waals surface area (Å²) in [4.78, 5) is 11.3. The molecule has 0 aliphatic carbocycles. The van der Waals surface area contributed by atoms with Gasteiger partial charge in [0.05, 0.1) is 21.3 Å². The van der Waals surface area contributed by atoms with Crippen LogP contribution in [0, 0.1) is 0 Å². The van der Waals surface area contributed by atoms with Gasteiger partial charge in [-0.3, -0.25) is 0 Å². The molecule has 0 aromatic heterocycles. The molecule has 0 saturated carbocycles. The Bertz CT molecular complexity index is 494. The van der Waals surface area contributed by atoms with Crippen molar-refractivity contribution < 1.29 is 24.1 Å².